The Balaban J connectivity index is 1.80. The summed E-state index contributed by atoms with van der Waals surface area (Å²) in [6, 6.07) is 8.38. The predicted octanol–water partition coefficient (Wildman–Crippen LogP) is 2.42. The van der Waals surface area contributed by atoms with E-state index in [1.807, 2.05) is 0 Å². The Morgan fingerprint density at radius 3 is 2.00 bits per heavy atom. The standard InChI is InChI=1S/C16H15BrF2N2O4S2/c17-12-2-1-3-14(10-12)26(22,23)20-6-8-21(9-7-20)27(24,25)16-11-13(18)4-5-15(16)19/h1-5,10-11H,6-9H2. The van der Waals surface area contributed by atoms with Crippen LogP contribution in [0.1, 0.15) is 0 Å². The van der Waals surface area contributed by atoms with E-state index in [0.29, 0.717) is 10.5 Å². The fourth-order valence-corrected chi connectivity index (χ4v) is 6.26. The van der Waals surface area contributed by atoms with Crippen molar-refractivity contribution < 1.29 is 25.6 Å². The van der Waals surface area contributed by atoms with E-state index in [1.165, 1.54) is 16.4 Å². The number of halogens is 3. The topological polar surface area (TPSA) is 74.8 Å². The highest BCUT2D eigenvalue weighted by Gasteiger charge is 2.35. The molecule has 0 saturated carbocycles. The van der Waals surface area contributed by atoms with Crippen molar-refractivity contribution >= 4 is 36.0 Å². The first-order chi connectivity index (χ1) is 12.6. The maximum Gasteiger partial charge on any atom is 0.246 e. The SMILES string of the molecule is O=S(=O)(c1cccc(Br)c1)N1CCN(S(=O)(=O)c2cc(F)ccc2F)CC1. The minimum atomic E-state index is -4.27. The first-order valence-electron chi connectivity index (χ1n) is 7.83. The molecule has 0 aliphatic carbocycles. The van der Waals surface area contributed by atoms with Crippen molar-refractivity contribution in [2.75, 3.05) is 26.2 Å². The van der Waals surface area contributed by atoms with Gasteiger partial charge in [0.2, 0.25) is 20.0 Å². The zero-order valence-corrected chi connectivity index (χ0v) is 17.1. The Morgan fingerprint density at radius 1 is 0.815 bits per heavy atom. The first kappa shape index (κ1) is 20.3. The highest BCUT2D eigenvalue weighted by Crippen LogP contribution is 2.25. The van der Waals surface area contributed by atoms with Gasteiger partial charge in [0, 0.05) is 30.7 Å². The summed E-state index contributed by atoms with van der Waals surface area (Å²) in [5.41, 5.74) is 0. The molecule has 3 rings (SSSR count). The van der Waals surface area contributed by atoms with E-state index in [0.717, 1.165) is 16.4 Å². The molecule has 1 aliphatic rings. The van der Waals surface area contributed by atoms with Crippen LogP contribution in [0.15, 0.2) is 56.7 Å². The number of hydrogen-bond donors (Lipinski definition) is 0. The molecule has 0 spiro atoms. The summed E-state index contributed by atoms with van der Waals surface area (Å²) in [6.45, 7) is -0.507. The second kappa shape index (κ2) is 7.55. The van der Waals surface area contributed by atoms with E-state index in [9.17, 15) is 25.6 Å². The van der Waals surface area contributed by atoms with Gasteiger partial charge < -0.3 is 0 Å². The Labute approximate surface area is 164 Å². The Morgan fingerprint density at radius 2 is 1.41 bits per heavy atom. The van der Waals surface area contributed by atoms with Gasteiger partial charge in [0.25, 0.3) is 0 Å². The normalized spacial score (nSPS) is 17.1. The van der Waals surface area contributed by atoms with E-state index in [2.05, 4.69) is 15.9 Å². The molecule has 0 N–H and O–H groups in total. The summed E-state index contributed by atoms with van der Waals surface area (Å²) in [6.07, 6.45) is 0. The van der Waals surface area contributed by atoms with Crippen LogP contribution in [0.3, 0.4) is 0 Å². The van der Waals surface area contributed by atoms with Crippen molar-refractivity contribution in [2.24, 2.45) is 0 Å². The van der Waals surface area contributed by atoms with E-state index in [-0.39, 0.29) is 31.1 Å². The Bertz CT molecular complexity index is 1070. The molecule has 1 fully saturated rings. The van der Waals surface area contributed by atoms with Crippen LogP contribution in [0.2, 0.25) is 0 Å². The molecule has 2 aromatic carbocycles. The van der Waals surface area contributed by atoms with Gasteiger partial charge in [-0.2, -0.15) is 8.61 Å². The van der Waals surface area contributed by atoms with Crippen LogP contribution in [-0.4, -0.2) is 51.6 Å². The highest BCUT2D eigenvalue weighted by atomic mass is 79.9. The third kappa shape index (κ3) is 4.06. The van der Waals surface area contributed by atoms with Crippen molar-refractivity contribution in [1.82, 2.24) is 8.61 Å². The van der Waals surface area contributed by atoms with Crippen molar-refractivity contribution in [3.05, 3.63) is 58.6 Å². The highest BCUT2D eigenvalue weighted by molar-refractivity contribution is 9.10. The van der Waals surface area contributed by atoms with Crippen LogP contribution in [0.5, 0.6) is 0 Å². The van der Waals surface area contributed by atoms with Gasteiger partial charge in [-0.15, -0.1) is 0 Å². The number of benzene rings is 2. The smallest absolute Gasteiger partial charge is 0.207 e. The second-order valence-electron chi connectivity index (χ2n) is 5.84. The molecule has 27 heavy (non-hydrogen) atoms. The Hall–Kier alpha value is -1.40. The second-order valence-corrected chi connectivity index (χ2v) is 10.6. The zero-order valence-electron chi connectivity index (χ0n) is 13.8. The van der Waals surface area contributed by atoms with E-state index in [4.69, 9.17) is 0 Å². The molecule has 1 aliphatic heterocycles. The summed E-state index contributed by atoms with van der Waals surface area (Å²) >= 11 is 3.22. The molecular weight excluding hydrogens is 466 g/mol. The quantitative estimate of drug-likeness (QED) is 0.673. The average molecular weight is 481 g/mol. The molecule has 0 amide bonds. The van der Waals surface area contributed by atoms with Gasteiger partial charge >= 0.3 is 0 Å². The summed E-state index contributed by atoms with van der Waals surface area (Å²) in [5.74, 6) is -1.92. The van der Waals surface area contributed by atoms with Crippen LogP contribution < -0.4 is 0 Å². The van der Waals surface area contributed by atoms with Crippen LogP contribution in [0, 0.1) is 11.6 Å². The zero-order chi connectivity index (χ0) is 19.8. The van der Waals surface area contributed by atoms with Gasteiger partial charge in [0.15, 0.2) is 0 Å². The molecule has 146 valence electrons. The predicted molar refractivity (Wildman–Crippen MR) is 98.0 cm³/mol. The van der Waals surface area contributed by atoms with Crippen LogP contribution >= 0.6 is 15.9 Å². The van der Waals surface area contributed by atoms with Crippen molar-refractivity contribution in [3.8, 4) is 0 Å². The van der Waals surface area contributed by atoms with Crippen molar-refractivity contribution in [1.29, 1.82) is 0 Å². The lowest BCUT2D eigenvalue weighted by Crippen LogP contribution is -2.50. The molecule has 1 heterocycles. The largest absolute Gasteiger partial charge is 0.246 e. The third-order valence-corrected chi connectivity index (χ3v) is 8.44. The number of hydrogen-bond acceptors (Lipinski definition) is 4. The van der Waals surface area contributed by atoms with Crippen LogP contribution in [0.4, 0.5) is 8.78 Å². The van der Waals surface area contributed by atoms with Gasteiger partial charge in [-0.25, -0.2) is 25.6 Å². The van der Waals surface area contributed by atoms with Gasteiger partial charge in [-0.1, -0.05) is 22.0 Å². The van der Waals surface area contributed by atoms with Gasteiger partial charge in [0.1, 0.15) is 16.5 Å². The summed E-state index contributed by atoms with van der Waals surface area (Å²) in [5, 5.41) is 0. The van der Waals surface area contributed by atoms with Crippen molar-refractivity contribution in [2.45, 2.75) is 9.79 Å². The van der Waals surface area contributed by atoms with Crippen LogP contribution in [0.25, 0.3) is 0 Å². The summed E-state index contributed by atoms with van der Waals surface area (Å²) < 4.78 is 80.5. The number of piperazine rings is 1. The number of sulfonamides is 2. The fraction of sp³-hybridized carbons (Fsp3) is 0.250. The van der Waals surface area contributed by atoms with Crippen molar-refractivity contribution in [3.63, 3.8) is 0 Å². The maximum absolute atomic E-state index is 13.9. The van der Waals surface area contributed by atoms with Gasteiger partial charge in [-0.05, 0) is 36.4 Å². The summed E-state index contributed by atoms with van der Waals surface area (Å²) in [7, 11) is -8.05. The third-order valence-electron chi connectivity index (χ3n) is 4.14. The average Bonchev–Trinajstić information content (AvgIpc) is 2.63. The first-order valence-corrected chi connectivity index (χ1v) is 11.5. The number of nitrogens with zero attached hydrogens (tertiary/aromatic N) is 2. The minimum absolute atomic E-state index is 0.0874. The van der Waals surface area contributed by atoms with Crippen LogP contribution in [-0.2, 0) is 20.0 Å². The number of rotatable bonds is 4. The molecule has 0 bridgehead atoms. The van der Waals surface area contributed by atoms with E-state index >= 15 is 0 Å². The molecule has 6 nitrogen and oxygen atoms in total. The molecule has 0 radical (unpaired) electrons. The Kier molecular flexibility index (Phi) is 5.69. The molecule has 0 atom stereocenters. The van der Waals surface area contributed by atoms with Gasteiger partial charge in [-0.3, -0.25) is 0 Å². The molecule has 1 saturated heterocycles. The van der Waals surface area contributed by atoms with E-state index < -0.39 is 36.6 Å². The molecule has 2 aromatic rings. The monoisotopic (exact) mass is 480 g/mol. The maximum atomic E-state index is 13.9. The lowest BCUT2D eigenvalue weighted by molar-refractivity contribution is 0.272. The molecule has 11 heteroatoms. The summed E-state index contributed by atoms with van der Waals surface area (Å²) in [4.78, 5) is -0.671. The minimum Gasteiger partial charge on any atom is -0.207 e. The molecule has 0 unspecified atom stereocenters. The molecule has 0 aromatic heterocycles. The lowest BCUT2D eigenvalue weighted by Gasteiger charge is -2.33. The molecular formula is C16H15BrF2N2O4S2. The van der Waals surface area contributed by atoms with Gasteiger partial charge in [0.05, 0.1) is 4.90 Å². The lowest BCUT2D eigenvalue weighted by atomic mass is 10.3. The fourth-order valence-electron chi connectivity index (χ4n) is 2.74. The van der Waals surface area contributed by atoms with E-state index in [1.54, 1.807) is 12.1 Å².